The molecule has 34 heavy (non-hydrogen) atoms. The van der Waals surface area contributed by atoms with E-state index >= 15 is 0 Å². The molecule has 1 aliphatic rings. The zero-order chi connectivity index (χ0) is 24.2. The molecule has 1 fully saturated rings. The van der Waals surface area contributed by atoms with Crippen LogP contribution in [0.3, 0.4) is 0 Å². The van der Waals surface area contributed by atoms with Gasteiger partial charge in [0.15, 0.2) is 0 Å². The largest absolute Gasteiger partial charge is 0.488 e. The van der Waals surface area contributed by atoms with Gasteiger partial charge in [0.05, 0.1) is 22.2 Å². The molecular formula is C23H16BrN3O7. The second-order valence-corrected chi connectivity index (χ2v) is 8.05. The molecule has 0 atom stereocenters. The van der Waals surface area contributed by atoms with E-state index in [0.29, 0.717) is 27.1 Å². The van der Waals surface area contributed by atoms with Gasteiger partial charge in [0, 0.05) is 12.1 Å². The second-order valence-electron chi connectivity index (χ2n) is 7.19. The Hall–Kier alpha value is -4.25. The van der Waals surface area contributed by atoms with E-state index in [1.54, 1.807) is 42.5 Å². The van der Waals surface area contributed by atoms with Crippen molar-refractivity contribution in [2.45, 2.75) is 13.2 Å². The molecule has 1 N–H and O–H groups in total. The molecule has 0 unspecified atom stereocenters. The van der Waals surface area contributed by atoms with Crippen molar-refractivity contribution >= 4 is 45.5 Å². The summed E-state index contributed by atoms with van der Waals surface area (Å²) in [6.45, 7) is -0.0120. The molecular weight excluding hydrogens is 510 g/mol. The van der Waals surface area contributed by atoms with Crippen molar-refractivity contribution in [1.82, 2.24) is 10.2 Å². The molecule has 1 aliphatic heterocycles. The highest BCUT2D eigenvalue weighted by Crippen LogP contribution is 2.29. The van der Waals surface area contributed by atoms with Crippen LogP contribution >= 0.6 is 15.9 Å². The Balaban J connectivity index is 1.50. The smallest absolute Gasteiger partial charge is 0.331 e. The third-order valence-corrected chi connectivity index (χ3v) is 5.48. The number of hydrogen-bond acceptors (Lipinski definition) is 7. The highest BCUT2D eigenvalue weighted by Gasteiger charge is 2.36. The Morgan fingerprint density at radius 3 is 2.65 bits per heavy atom. The van der Waals surface area contributed by atoms with Gasteiger partial charge in [-0.05, 0) is 57.4 Å². The zero-order valence-corrected chi connectivity index (χ0v) is 19.0. The number of nitro benzene ring substituents is 1. The molecule has 11 heteroatoms. The number of imide groups is 2. The topological polar surface area (TPSA) is 132 Å². The summed E-state index contributed by atoms with van der Waals surface area (Å²) in [7, 11) is 0. The van der Waals surface area contributed by atoms with Crippen molar-refractivity contribution < 1.29 is 28.5 Å². The average molecular weight is 526 g/mol. The minimum absolute atomic E-state index is 0.0304. The van der Waals surface area contributed by atoms with E-state index in [4.69, 9.17) is 9.15 Å². The number of furan rings is 1. The van der Waals surface area contributed by atoms with Gasteiger partial charge < -0.3 is 9.15 Å². The number of halogens is 1. The minimum Gasteiger partial charge on any atom is -0.488 e. The molecule has 172 valence electrons. The number of amides is 4. The molecule has 4 rings (SSSR count). The lowest BCUT2D eigenvalue weighted by molar-refractivity contribution is -0.384. The van der Waals surface area contributed by atoms with Crippen LogP contribution in [-0.2, 0) is 22.7 Å². The number of rotatable bonds is 7. The maximum atomic E-state index is 12.8. The van der Waals surface area contributed by atoms with Crippen LogP contribution in [0.15, 0.2) is 75.3 Å². The van der Waals surface area contributed by atoms with E-state index < -0.39 is 22.8 Å². The van der Waals surface area contributed by atoms with Gasteiger partial charge in [-0.25, -0.2) is 4.79 Å². The van der Waals surface area contributed by atoms with Crippen LogP contribution in [0, 0.1) is 10.1 Å². The first-order valence-corrected chi connectivity index (χ1v) is 10.7. The van der Waals surface area contributed by atoms with Gasteiger partial charge in [-0.2, -0.15) is 0 Å². The normalized spacial score (nSPS) is 14.9. The summed E-state index contributed by atoms with van der Waals surface area (Å²) in [5.41, 5.74) is 0.902. The van der Waals surface area contributed by atoms with Crippen LogP contribution in [0.5, 0.6) is 5.75 Å². The minimum atomic E-state index is -0.824. The van der Waals surface area contributed by atoms with Crippen molar-refractivity contribution in [3.05, 3.63) is 97.9 Å². The lowest BCUT2D eigenvalue weighted by atomic mass is 10.1. The van der Waals surface area contributed by atoms with Crippen LogP contribution in [0.25, 0.3) is 6.08 Å². The van der Waals surface area contributed by atoms with E-state index in [9.17, 15) is 24.5 Å². The predicted molar refractivity (Wildman–Crippen MR) is 122 cm³/mol. The molecule has 1 aromatic heterocycles. The molecule has 0 saturated carbocycles. The first-order chi connectivity index (χ1) is 16.3. The van der Waals surface area contributed by atoms with E-state index in [1.807, 2.05) is 0 Å². The number of nitro groups is 1. The molecule has 0 radical (unpaired) electrons. The Labute approximate surface area is 201 Å². The number of carbonyl (C=O) groups excluding carboxylic acids is 3. The van der Waals surface area contributed by atoms with Gasteiger partial charge >= 0.3 is 6.03 Å². The van der Waals surface area contributed by atoms with E-state index in [0.717, 1.165) is 4.90 Å². The number of non-ortho nitro benzene ring substituents is 1. The Kier molecular flexibility index (Phi) is 6.55. The fourth-order valence-corrected chi connectivity index (χ4v) is 3.72. The zero-order valence-electron chi connectivity index (χ0n) is 17.4. The predicted octanol–water partition coefficient (Wildman–Crippen LogP) is 4.19. The average Bonchev–Trinajstić information content (AvgIpc) is 3.32. The number of urea groups is 1. The third kappa shape index (κ3) is 5.04. The van der Waals surface area contributed by atoms with E-state index in [-0.39, 0.29) is 24.4 Å². The van der Waals surface area contributed by atoms with Crippen LogP contribution in [0.4, 0.5) is 10.5 Å². The number of carbonyl (C=O) groups is 3. The van der Waals surface area contributed by atoms with Crippen LogP contribution in [0.1, 0.15) is 16.9 Å². The van der Waals surface area contributed by atoms with E-state index in [2.05, 4.69) is 21.2 Å². The molecule has 4 amide bonds. The van der Waals surface area contributed by atoms with Crippen molar-refractivity contribution in [3.63, 3.8) is 0 Å². The number of ether oxygens (including phenoxy) is 1. The van der Waals surface area contributed by atoms with Crippen LogP contribution < -0.4 is 10.1 Å². The third-order valence-electron chi connectivity index (χ3n) is 4.86. The van der Waals surface area contributed by atoms with Crippen molar-refractivity contribution in [2.24, 2.45) is 0 Å². The van der Waals surface area contributed by atoms with Gasteiger partial charge in [0.2, 0.25) is 0 Å². The van der Waals surface area contributed by atoms with Crippen molar-refractivity contribution in [2.75, 3.05) is 0 Å². The maximum absolute atomic E-state index is 12.8. The van der Waals surface area contributed by atoms with Gasteiger partial charge in [0.1, 0.15) is 23.7 Å². The molecule has 10 nitrogen and oxygen atoms in total. The number of barbiturate groups is 1. The molecule has 2 aromatic carbocycles. The molecule has 0 spiro atoms. The molecule has 2 heterocycles. The Morgan fingerprint density at radius 2 is 1.94 bits per heavy atom. The Bertz CT molecular complexity index is 1320. The first kappa shape index (κ1) is 22.9. The summed E-state index contributed by atoms with van der Waals surface area (Å²) in [6, 6.07) is 13.4. The van der Waals surface area contributed by atoms with E-state index in [1.165, 1.54) is 24.5 Å². The van der Waals surface area contributed by atoms with Gasteiger partial charge in [0.25, 0.3) is 17.5 Å². The summed E-state index contributed by atoms with van der Waals surface area (Å²) in [5.74, 6) is -0.687. The fraction of sp³-hybridized carbons (Fsp3) is 0.0870. The quantitative estimate of drug-likeness (QED) is 0.211. The van der Waals surface area contributed by atoms with Crippen molar-refractivity contribution in [1.29, 1.82) is 0 Å². The first-order valence-electron chi connectivity index (χ1n) is 9.89. The number of nitrogens with one attached hydrogen (secondary N) is 1. The highest BCUT2D eigenvalue weighted by molar-refractivity contribution is 9.10. The summed E-state index contributed by atoms with van der Waals surface area (Å²) in [5, 5.41) is 13.1. The van der Waals surface area contributed by atoms with Gasteiger partial charge in [-0.15, -0.1) is 0 Å². The molecule has 3 aromatic rings. The Morgan fingerprint density at radius 1 is 1.12 bits per heavy atom. The standard InChI is InChI=1S/C23H16BrN3O7/c24-19-11-14(6-7-20(19)34-13-15-3-1-4-16(9-15)27(31)32)10-18-21(28)25-23(30)26(22(18)29)12-17-5-2-8-33-17/h1-11H,12-13H2,(H,25,28,30)/b18-10+. The van der Waals surface area contributed by atoms with Gasteiger partial charge in [-0.1, -0.05) is 18.2 Å². The maximum Gasteiger partial charge on any atom is 0.331 e. The molecule has 0 bridgehead atoms. The second kappa shape index (κ2) is 9.71. The molecule has 1 saturated heterocycles. The lowest BCUT2D eigenvalue weighted by Crippen LogP contribution is -2.53. The summed E-state index contributed by atoms with van der Waals surface area (Å²) in [4.78, 5) is 48.6. The number of benzene rings is 2. The van der Waals surface area contributed by atoms with Crippen LogP contribution in [0.2, 0.25) is 0 Å². The van der Waals surface area contributed by atoms with Crippen LogP contribution in [-0.4, -0.2) is 27.7 Å². The lowest BCUT2D eigenvalue weighted by Gasteiger charge is -2.25. The highest BCUT2D eigenvalue weighted by atomic mass is 79.9. The summed E-state index contributed by atoms with van der Waals surface area (Å²) in [6.07, 6.45) is 2.79. The number of hydrogen-bond donors (Lipinski definition) is 1. The summed E-state index contributed by atoms with van der Waals surface area (Å²) < 4.78 is 11.5. The number of nitrogens with zero attached hydrogens (tertiary/aromatic N) is 2. The fourth-order valence-electron chi connectivity index (χ4n) is 3.21. The van der Waals surface area contributed by atoms with Gasteiger partial charge in [-0.3, -0.25) is 29.9 Å². The SMILES string of the molecule is O=C1NC(=O)N(Cc2ccco2)C(=O)/C1=C/c1ccc(OCc2cccc([N+](=O)[O-])c2)c(Br)c1. The monoisotopic (exact) mass is 525 g/mol. The van der Waals surface area contributed by atoms with Crippen molar-refractivity contribution in [3.8, 4) is 5.75 Å². The summed E-state index contributed by atoms with van der Waals surface area (Å²) >= 11 is 3.39. The molecule has 0 aliphatic carbocycles.